The van der Waals surface area contributed by atoms with Crippen LogP contribution in [-0.2, 0) is 15.8 Å². The number of anilines is 2. The van der Waals surface area contributed by atoms with Crippen molar-refractivity contribution in [2.24, 2.45) is 16.8 Å². The first kappa shape index (κ1) is 30.3. The molecule has 8 nitrogen and oxygen atoms in total. The smallest absolute Gasteiger partial charge is 0.341 e. The maximum absolute atomic E-state index is 15.1. The van der Waals surface area contributed by atoms with Crippen molar-refractivity contribution in [1.29, 1.82) is 0 Å². The molecule has 0 spiro atoms. The number of nitrogens with zero attached hydrogens (tertiary/aromatic N) is 3. The number of benzene rings is 3. The first-order chi connectivity index (χ1) is 21.6. The zero-order valence-electron chi connectivity index (χ0n) is 24.2. The van der Waals surface area contributed by atoms with Crippen molar-refractivity contribution in [2.75, 3.05) is 29.9 Å². The van der Waals surface area contributed by atoms with Gasteiger partial charge in [0.05, 0.1) is 17.0 Å². The summed E-state index contributed by atoms with van der Waals surface area (Å²) in [5, 5.41) is 4.75. The summed E-state index contributed by atoms with van der Waals surface area (Å²) >= 11 is 0. The van der Waals surface area contributed by atoms with Crippen molar-refractivity contribution in [3.05, 3.63) is 95.3 Å². The average molecular weight is 622 g/mol. The van der Waals surface area contributed by atoms with Gasteiger partial charge in [0.1, 0.15) is 12.4 Å². The van der Waals surface area contributed by atoms with Crippen LogP contribution in [0, 0.1) is 17.7 Å². The Morgan fingerprint density at radius 2 is 1.51 bits per heavy atom. The van der Waals surface area contributed by atoms with Gasteiger partial charge in [-0.1, -0.05) is 36.4 Å². The second kappa shape index (κ2) is 12.3. The molecule has 3 heterocycles. The normalized spacial score (nSPS) is 21.4. The molecule has 1 aliphatic carbocycles. The minimum atomic E-state index is -4.63. The number of hydrogen-bond acceptors (Lipinski definition) is 4. The fraction of sp³-hybridized carbons (Fsp3) is 0.333. The van der Waals surface area contributed by atoms with Crippen molar-refractivity contribution in [3.63, 3.8) is 0 Å². The van der Waals surface area contributed by atoms with Gasteiger partial charge in [-0.3, -0.25) is 14.5 Å². The maximum Gasteiger partial charge on any atom is 0.416 e. The van der Waals surface area contributed by atoms with E-state index in [2.05, 4.69) is 15.6 Å². The van der Waals surface area contributed by atoms with Crippen LogP contribution in [-0.4, -0.2) is 54.3 Å². The Bertz CT molecular complexity index is 1640. The molecule has 12 heteroatoms. The van der Waals surface area contributed by atoms with Gasteiger partial charge in [0.15, 0.2) is 0 Å². The van der Waals surface area contributed by atoms with E-state index in [-0.39, 0.29) is 29.4 Å². The van der Waals surface area contributed by atoms with Crippen LogP contribution in [0.3, 0.4) is 0 Å². The van der Waals surface area contributed by atoms with Crippen molar-refractivity contribution >= 4 is 34.9 Å². The van der Waals surface area contributed by atoms with Crippen LogP contribution in [0.15, 0.2) is 77.8 Å². The Kier molecular flexibility index (Phi) is 8.30. The summed E-state index contributed by atoms with van der Waals surface area (Å²) in [6, 6.07) is 15.5. The third-order valence-electron chi connectivity index (χ3n) is 8.62. The molecule has 0 aromatic heterocycles. The van der Waals surface area contributed by atoms with Crippen molar-refractivity contribution < 1.29 is 31.9 Å². The van der Waals surface area contributed by atoms with Crippen LogP contribution in [0.4, 0.5) is 33.7 Å². The number of nitrogens with one attached hydrogen (secondary N) is 2. The molecule has 3 aliphatic heterocycles. The Morgan fingerprint density at radius 1 is 0.867 bits per heavy atom. The monoisotopic (exact) mass is 621 g/mol. The molecule has 7 rings (SSSR count). The summed E-state index contributed by atoms with van der Waals surface area (Å²) in [7, 11) is 0. The van der Waals surface area contributed by atoms with Gasteiger partial charge in [0.25, 0.3) is 5.91 Å². The molecular formula is C33H31F4N5O3. The number of carbonyl (C=O) groups is 3. The molecule has 1 saturated carbocycles. The number of para-hydroxylation sites is 1. The lowest BCUT2D eigenvalue weighted by Gasteiger charge is -2.29. The average Bonchev–Trinajstić information content (AvgIpc) is 3.40. The number of carbonyl (C=O) groups excluding carboxylic acids is 3. The number of rotatable bonds is 5. The Labute approximate surface area is 257 Å². The van der Waals surface area contributed by atoms with E-state index in [9.17, 15) is 27.6 Å². The molecule has 0 radical (unpaired) electrons. The number of alkyl halides is 3. The zero-order chi connectivity index (χ0) is 31.7. The molecule has 1 unspecified atom stereocenters. The topological polar surface area (TPSA) is 94.1 Å². The molecule has 1 atom stereocenters. The number of fused-ring (bicyclic) bond motifs is 5. The predicted octanol–water partition coefficient (Wildman–Crippen LogP) is 5.82. The van der Waals surface area contributed by atoms with Gasteiger partial charge in [0, 0.05) is 29.9 Å². The number of urea groups is 1. The highest BCUT2D eigenvalue weighted by molar-refractivity contribution is 6.21. The van der Waals surface area contributed by atoms with Gasteiger partial charge < -0.3 is 15.5 Å². The van der Waals surface area contributed by atoms with Crippen LogP contribution in [0.1, 0.15) is 42.4 Å². The highest BCUT2D eigenvalue weighted by Crippen LogP contribution is 2.35. The summed E-state index contributed by atoms with van der Waals surface area (Å²) in [6.07, 6.45) is -2.01. The second-order valence-electron chi connectivity index (χ2n) is 11.7. The number of halogens is 4. The molecule has 2 saturated heterocycles. The van der Waals surface area contributed by atoms with Crippen LogP contribution >= 0.6 is 0 Å². The van der Waals surface area contributed by atoms with Crippen molar-refractivity contribution in [1.82, 2.24) is 10.2 Å². The SMILES string of the molecule is O=C(Nc1cccc(C(F)(F)F)c1)NC1N=C(c2ccccc2F)c2ccccc2N(CC(=O)N2CC3CCC(CC3)C2)C1=O. The van der Waals surface area contributed by atoms with E-state index in [1.165, 1.54) is 29.2 Å². The number of benzodiazepines with no additional fused rings is 1. The van der Waals surface area contributed by atoms with Gasteiger partial charge in [-0.2, -0.15) is 13.2 Å². The van der Waals surface area contributed by atoms with E-state index in [1.807, 2.05) is 0 Å². The highest BCUT2D eigenvalue weighted by atomic mass is 19.4. The van der Waals surface area contributed by atoms with Gasteiger partial charge in [-0.05, 0) is 73.9 Å². The fourth-order valence-electron chi connectivity index (χ4n) is 6.35. The summed E-state index contributed by atoms with van der Waals surface area (Å²) in [6.45, 7) is 0.886. The first-order valence-electron chi connectivity index (χ1n) is 14.8. The van der Waals surface area contributed by atoms with Gasteiger partial charge >= 0.3 is 12.2 Å². The van der Waals surface area contributed by atoms with Crippen LogP contribution < -0.4 is 15.5 Å². The third kappa shape index (κ3) is 6.54. The van der Waals surface area contributed by atoms with Crippen molar-refractivity contribution in [2.45, 2.75) is 38.0 Å². The van der Waals surface area contributed by atoms with Gasteiger partial charge in [-0.15, -0.1) is 0 Å². The van der Waals surface area contributed by atoms with E-state index in [0.717, 1.165) is 43.9 Å². The number of aliphatic imine (C=N–C) groups is 1. The standard InChI is InChI=1S/C33H31F4N5O3/c34-26-10-3-1-8-24(26)29-25-9-2-4-11-27(25)42(19-28(43)41-17-20-12-13-21(18-41)15-14-20)31(44)30(39-29)40-32(45)38-23-7-5-6-22(16-23)33(35,36)37/h1-11,16,20-21,30H,12-15,17-19H2,(H2,38,40,45). The van der Waals surface area contributed by atoms with E-state index in [0.29, 0.717) is 36.2 Å². The largest absolute Gasteiger partial charge is 0.416 e. The Morgan fingerprint density at radius 3 is 2.18 bits per heavy atom. The lowest BCUT2D eigenvalue weighted by atomic mass is 9.84. The predicted molar refractivity (Wildman–Crippen MR) is 160 cm³/mol. The molecule has 2 N–H and O–H groups in total. The summed E-state index contributed by atoms with van der Waals surface area (Å²) < 4.78 is 54.8. The quantitative estimate of drug-likeness (QED) is 0.352. The Balaban J connectivity index is 1.34. The number of hydrogen-bond donors (Lipinski definition) is 2. The third-order valence-corrected chi connectivity index (χ3v) is 8.62. The second-order valence-corrected chi connectivity index (χ2v) is 11.7. The number of amides is 4. The molecule has 3 aromatic carbocycles. The molecule has 234 valence electrons. The van der Waals surface area contributed by atoms with Crippen LogP contribution in [0.2, 0.25) is 0 Å². The van der Waals surface area contributed by atoms with E-state index >= 15 is 4.39 Å². The maximum atomic E-state index is 15.1. The summed E-state index contributed by atoms with van der Waals surface area (Å²) in [4.78, 5) is 48.5. The van der Waals surface area contributed by atoms with Crippen LogP contribution in [0.25, 0.3) is 0 Å². The minimum Gasteiger partial charge on any atom is -0.341 e. The molecule has 3 aromatic rings. The summed E-state index contributed by atoms with van der Waals surface area (Å²) in [5.74, 6) is -0.803. The van der Waals surface area contributed by atoms with Gasteiger partial charge in [-0.25, -0.2) is 14.2 Å². The fourth-order valence-corrected chi connectivity index (χ4v) is 6.35. The molecule has 4 aliphatic rings. The van der Waals surface area contributed by atoms with E-state index in [1.54, 1.807) is 35.2 Å². The van der Waals surface area contributed by atoms with E-state index in [4.69, 9.17) is 0 Å². The van der Waals surface area contributed by atoms with Crippen molar-refractivity contribution in [3.8, 4) is 0 Å². The zero-order valence-corrected chi connectivity index (χ0v) is 24.2. The molecular weight excluding hydrogens is 590 g/mol. The molecule has 3 fully saturated rings. The van der Waals surface area contributed by atoms with E-state index < -0.39 is 35.7 Å². The molecule has 2 bridgehead atoms. The van der Waals surface area contributed by atoms with Crippen LogP contribution in [0.5, 0.6) is 0 Å². The lowest BCUT2D eigenvalue weighted by molar-refractivity contribution is -0.137. The lowest BCUT2D eigenvalue weighted by Crippen LogP contribution is -2.51. The van der Waals surface area contributed by atoms with Gasteiger partial charge in [0.2, 0.25) is 12.1 Å². The first-order valence-corrected chi connectivity index (χ1v) is 14.8. The highest BCUT2D eigenvalue weighted by Gasteiger charge is 2.38. The summed E-state index contributed by atoms with van der Waals surface area (Å²) in [5.41, 5.74) is -0.287. The molecule has 45 heavy (non-hydrogen) atoms. The minimum absolute atomic E-state index is 0.0695. The Hall–Kier alpha value is -4.74. The molecule has 4 amide bonds.